The fraction of sp³-hybridized carbons (Fsp3) is 0.455. The molecule has 6 heteroatoms. The summed E-state index contributed by atoms with van der Waals surface area (Å²) in [6.07, 6.45) is 5.45. The number of fused-ring (bicyclic) bond motifs is 2. The maximum atomic E-state index is 13.0. The highest BCUT2D eigenvalue weighted by Crippen LogP contribution is 2.37. The minimum Gasteiger partial charge on any atom is -0.492 e. The third kappa shape index (κ3) is 3.78. The Hall–Kier alpha value is -2.36. The average Bonchev–Trinajstić information content (AvgIpc) is 2.89. The molecule has 0 saturated carbocycles. The highest BCUT2D eigenvalue weighted by Gasteiger charge is 2.27. The van der Waals surface area contributed by atoms with Crippen LogP contribution in [0.4, 0.5) is 5.00 Å². The minimum atomic E-state index is -0.303. The molecule has 2 heterocycles. The van der Waals surface area contributed by atoms with Gasteiger partial charge in [0, 0.05) is 23.5 Å². The number of anilines is 1. The number of para-hydroxylation sites is 1. The lowest BCUT2D eigenvalue weighted by Gasteiger charge is -2.26. The van der Waals surface area contributed by atoms with Crippen LogP contribution in [0.2, 0.25) is 0 Å². The van der Waals surface area contributed by atoms with E-state index in [1.807, 2.05) is 31.2 Å². The predicted molar refractivity (Wildman–Crippen MR) is 111 cm³/mol. The van der Waals surface area contributed by atoms with Gasteiger partial charge in [-0.2, -0.15) is 5.26 Å². The molecule has 1 N–H and O–H groups in total. The van der Waals surface area contributed by atoms with E-state index >= 15 is 0 Å². The van der Waals surface area contributed by atoms with Gasteiger partial charge in [-0.05, 0) is 44.2 Å². The number of carbonyl (C=O) groups is 1. The van der Waals surface area contributed by atoms with Gasteiger partial charge in [-0.15, -0.1) is 11.3 Å². The normalized spacial score (nSPS) is 17.9. The largest absolute Gasteiger partial charge is 0.492 e. The summed E-state index contributed by atoms with van der Waals surface area (Å²) in [5.41, 5.74) is 2.93. The minimum absolute atomic E-state index is 0.0627. The summed E-state index contributed by atoms with van der Waals surface area (Å²) in [5.74, 6) is 0.832. The van der Waals surface area contributed by atoms with Crippen LogP contribution in [0, 0.1) is 11.3 Å². The summed E-state index contributed by atoms with van der Waals surface area (Å²) in [7, 11) is 0. The van der Waals surface area contributed by atoms with E-state index in [9.17, 15) is 10.1 Å². The first-order valence-electron chi connectivity index (χ1n) is 9.97. The number of ether oxygens (including phenoxy) is 1. The van der Waals surface area contributed by atoms with Crippen molar-refractivity contribution in [3.63, 3.8) is 0 Å². The number of hydrogen-bond acceptors (Lipinski definition) is 5. The van der Waals surface area contributed by atoms with Crippen LogP contribution in [-0.4, -0.2) is 30.0 Å². The molecule has 146 valence electrons. The van der Waals surface area contributed by atoms with Gasteiger partial charge in [0.2, 0.25) is 5.91 Å². The second-order valence-corrected chi connectivity index (χ2v) is 8.58. The molecular weight excluding hydrogens is 370 g/mol. The number of nitrogens with one attached hydrogen (secondary N) is 1. The molecule has 1 aromatic heterocycles. The van der Waals surface area contributed by atoms with Gasteiger partial charge in [-0.1, -0.05) is 24.6 Å². The molecule has 2 aromatic rings. The number of rotatable bonds is 3. The van der Waals surface area contributed by atoms with Crippen LogP contribution in [0.1, 0.15) is 47.8 Å². The predicted octanol–water partition coefficient (Wildman–Crippen LogP) is 4.11. The first-order chi connectivity index (χ1) is 13.7. The Balaban J connectivity index is 1.50. The number of thiophene rings is 1. The topological polar surface area (TPSA) is 65.4 Å². The number of aryl methyl sites for hydroxylation is 1. The lowest BCUT2D eigenvalue weighted by atomic mass is 10.1. The monoisotopic (exact) mass is 395 g/mol. The van der Waals surface area contributed by atoms with Gasteiger partial charge in [0.1, 0.15) is 23.4 Å². The zero-order chi connectivity index (χ0) is 19.5. The van der Waals surface area contributed by atoms with E-state index < -0.39 is 0 Å². The van der Waals surface area contributed by atoms with Crippen molar-refractivity contribution >= 4 is 22.2 Å². The zero-order valence-electron chi connectivity index (χ0n) is 16.2. The summed E-state index contributed by atoms with van der Waals surface area (Å²) >= 11 is 1.59. The fourth-order valence-corrected chi connectivity index (χ4v) is 5.25. The summed E-state index contributed by atoms with van der Waals surface area (Å²) in [6.45, 7) is 3.85. The molecular formula is C22H25N3O2S. The summed E-state index contributed by atoms with van der Waals surface area (Å²) in [5, 5.41) is 13.5. The van der Waals surface area contributed by atoms with Crippen molar-refractivity contribution in [3.05, 3.63) is 45.8 Å². The molecule has 4 rings (SSSR count). The SMILES string of the molecule is CC(C(=O)Nc1sc2c(c1C#N)CCCCC2)N1CCOc2ccccc2C1. The van der Waals surface area contributed by atoms with Gasteiger partial charge in [0.15, 0.2) is 0 Å². The lowest BCUT2D eigenvalue weighted by Crippen LogP contribution is -2.42. The van der Waals surface area contributed by atoms with Crippen LogP contribution in [0.3, 0.4) is 0 Å². The standard InChI is InChI=1S/C22H25N3O2S/c1-15(25-11-12-27-19-9-6-5-7-16(19)14-25)21(26)24-22-18(13-23)17-8-3-2-4-10-20(17)28-22/h5-7,9,15H,2-4,8,10-12,14H2,1H3,(H,24,26). The maximum absolute atomic E-state index is 13.0. The molecule has 0 spiro atoms. The van der Waals surface area contributed by atoms with E-state index in [0.29, 0.717) is 25.3 Å². The first-order valence-corrected chi connectivity index (χ1v) is 10.8. The van der Waals surface area contributed by atoms with Crippen molar-refractivity contribution in [1.82, 2.24) is 4.90 Å². The quantitative estimate of drug-likeness (QED) is 0.795. The van der Waals surface area contributed by atoms with Crippen LogP contribution in [-0.2, 0) is 24.2 Å². The van der Waals surface area contributed by atoms with Gasteiger partial charge in [-0.25, -0.2) is 0 Å². The number of benzene rings is 1. The van der Waals surface area contributed by atoms with Crippen LogP contribution < -0.4 is 10.1 Å². The van der Waals surface area contributed by atoms with Crippen molar-refractivity contribution in [2.45, 2.75) is 51.6 Å². The lowest BCUT2D eigenvalue weighted by molar-refractivity contribution is -0.121. The molecule has 0 fully saturated rings. The molecule has 28 heavy (non-hydrogen) atoms. The summed E-state index contributed by atoms with van der Waals surface area (Å²) in [6, 6.07) is 10.0. The van der Waals surface area contributed by atoms with Gasteiger partial charge < -0.3 is 10.1 Å². The number of carbonyl (C=O) groups excluding carboxylic acids is 1. The van der Waals surface area contributed by atoms with E-state index in [1.54, 1.807) is 11.3 Å². The molecule has 0 bridgehead atoms. The van der Waals surface area contributed by atoms with Crippen molar-refractivity contribution in [2.75, 3.05) is 18.5 Å². The van der Waals surface area contributed by atoms with E-state index in [4.69, 9.17) is 4.74 Å². The molecule has 1 aliphatic heterocycles. The Morgan fingerprint density at radius 3 is 2.96 bits per heavy atom. The third-order valence-electron chi connectivity index (χ3n) is 5.68. The van der Waals surface area contributed by atoms with Gasteiger partial charge >= 0.3 is 0 Å². The zero-order valence-corrected chi connectivity index (χ0v) is 17.0. The molecule has 0 radical (unpaired) electrons. The summed E-state index contributed by atoms with van der Waals surface area (Å²) < 4.78 is 5.82. The Morgan fingerprint density at radius 2 is 2.11 bits per heavy atom. The van der Waals surface area contributed by atoms with Gasteiger partial charge in [0.25, 0.3) is 0 Å². The highest BCUT2D eigenvalue weighted by atomic mass is 32.1. The first kappa shape index (κ1) is 19.0. The highest BCUT2D eigenvalue weighted by molar-refractivity contribution is 7.16. The van der Waals surface area contributed by atoms with Crippen LogP contribution in [0.5, 0.6) is 5.75 Å². The smallest absolute Gasteiger partial charge is 0.242 e. The number of nitrogens with zero attached hydrogens (tertiary/aromatic N) is 2. The average molecular weight is 396 g/mol. The van der Waals surface area contributed by atoms with Gasteiger partial charge in [0.05, 0.1) is 11.6 Å². The van der Waals surface area contributed by atoms with Crippen molar-refractivity contribution < 1.29 is 9.53 Å². The Kier molecular flexibility index (Phi) is 5.65. The molecule has 0 saturated heterocycles. The van der Waals surface area contributed by atoms with E-state index in [-0.39, 0.29) is 11.9 Å². The maximum Gasteiger partial charge on any atom is 0.242 e. The molecule has 1 atom stereocenters. The van der Waals surface area contributed by atoms with E-state index in [1.165, 1.54) is 11.3 Å². The Labute approximate surface area is 169 Å². The van der Waals surface area contributed by atoms with Crippen molar-refractivity contribution in [3.8, 4) is 11.8 Å². The Morgan fingerprint density at radius 1 is 1.29 bits per heavy atom. The summed E-state index contributed by atoms with van der Waals surface area (Å²) in [4.78, 5) is 16.4. The number of amides is 1. The van der Waals surface area contributed by atoms with Crippen LogP contribution >= 0.6 is 11.3 Å². The second-order valence-electron chi connectivity index (χ2n) is 7.47. The molecule has 1 aromatic carbocycles. The van der Waals surface area contributed by atoms with Gasteiger partial charge in [-0.3, -0.25) is 9.69 Å². The fourth-order valence-electron chi connectivity index (χ4n) is 4.01. The molecule has 1 amide bonds. The molecule has 2 aliphatic rings. The third-order valence-corrected chi connectivity index (χ3v) is 6.89. The molecule has 1 aliphatic carbocycles. The molecule has 5 nitrogen and oxygen atoms in total. The molecule has 1 unspecified atom stereocenters. The van der Waals surface area contributed by atoms with Crippen LogP contribution in [0.25, 0.3) is 0 Å². The van der Waals surface area contributed by atoms with E-state index in [2.05, 4.69) is 16.3 Å². The van der Waals surface area contributed by atoms with Crippen molar-refractivity contribution in [1.29, 1.82) is 5.26 Å². The van der Waals surface area contributed by atoms with Crippen molar-refractivity contribution in [2.24, 2.45) is 0 Å². The van der Waals surface area contributed by atoms with Crippen LogP contribution in [0.15, 0.2) is 24.3 Å². The Bertz CT molecular complexity index is 915. The second kappa shape index (κ2) is 8.34. The van der Waals surface area contributed by atoms with E-state index in [0.717, 1.165) is 47.6 Å². The number of nitriles is 1. The number of hydrogen-bond donors (Lipinski definition) is 1.